The Morgan fingerprint density at radius 1 is 1.03 bits per heavy atom. The zero-order valence-corrected chi connectivity index (χ0v) is 19.4. The van der Waals surface area contributed by atoms with Crippen LogP contribution in [0.4, 0.5) is 5.82 Å². The van der Waals surface area contributed by atoms with Crippen LogP contribution in [0.25, 0.3) is 11.0 Å². The van der Waals surface area contributed by atoms with Crippen molar-refractivity contribution in [1.29, 1.82) is 0 Å². The van der Waals surface area contributed by atoms with Crippen LogP contribution in [0.2, 0.25) is 0 Å². The summed E-state index contributed by atoms with van der Waals surface area (Å²) in [5, 5.41) is 8.61. The molecule has 8 heteroatoms. The lowest BCUT2D eigenvalue weighted by Crippen LogP contribution is -2.45. The van der Waals surface area contributed by atoms with Crippen molar-refractivity contribution in [3.05, 3.63) is 48.4 Å². The van der Waals surface area contributed by atoms with E-state index in [1.54, 1.807) is 17.2 Å². The molecular formula is C25H33N7O. The summed E-state index contributed by atoms with van der Waals surface area (Å²) in [6.45, 7) is 7.45. The number of piperidine rings is 2. The molecule has 1 aromatic carbocycles. The number of carbonyl (C=O) groups is 1. The van der Waals surface area contributed by atoms with E-state index in [0.717, 1.165) is 68.3 Å². The van der Waals surface area contributed by atoms with Gasteiger partial charge in [0, 0.05) is 38.8 Å². The predicted octanol–water partition coefficient (Wildman–Crippen LogP) is 2.84. The van der Waals surface area contributed by atoms with Gasteiger partial charge in [0.2, 0.25) is 5.91 Å². The molecule has 2 aromatic heterocycles. The summed E-state index contributed by atoms with van der Waals surface area (Å²) < 4.78 is 1.70. The van der Waals surface area contributed by atoms with Crippen molar-refractivity contribution in [2.75, 3.05) is 31.1 Å². The van der Waals surface area contributed by atoms with Crippen LogP contribution >= 0.6 is 0 Å². The summed E-state index contributed by atoms with van der Waals surface area (Å²) in [6.07, 6.45) is 7.68. The van der Waals surface area contributed by atoms with Crippen LogP contribution in [0.15, 0.2) is 42.9 Å². The molecule has 0 saturated carbocycles. The maximum atomic E-state index is 12.8. The van der Waals surface area contributed by atoms with Crippen molar-refractivity contribution in [2.45, 2.75) is 51.7 Å². The molecular weight excluding hydrogens is 414 g/mol. The maximum absolute atomic E-state index is 12.8. The zero-order valence-electron chi connectivity index (χ0n) is 19.4. The first kappa shape index (κ1) is 21.8. The minimum absolute atomic E-state index is 0.00605. The molecule has 3 aromatic rings. The molecule has 0 radical (unpaired) electrons. The largest absolute Gasteiger partial charge is 0.356 e. The van der Waals surface area contributed by atoms with Gasteiger partial charge in [-0.1, -0.05) is 37.3 Å². The third-order valence-corrected chi connectivity index (χ3v) is 6.99. The third kappa shape index (κ3) is 5.16. The number of benzene rings is 1. The van der Waals surface area contributed by atoms with E-state index in [2.05, 4.69) is 67.4 Å². The summed E-state index contributed by atoms with van der Waals surface area (Å²) in [5.74, 6) is 1.69. The quantitative estimate of drug-likeness (QED) is 0.626. The molecule has 174 valence electrons. The highest BCUT2D eigenvalue weighted by Gasteiger charge is 2.23. The van der Waals surface area contributed by atoms with E-state index in [9.17, 15) is 4.79 Å². The fourth-order valence-corrected chi connectivity index (χ4v) is 4.96. The van der Waals surface area contributed by atoms with Crippen molar-refractivity contribution in [1.82, 2.24) is 30.0 Å². The summed E-state index contributed by atoms with van der Waals surface area (Å²) in [7, 11) is 0. The Kier molecular flexibility index (Phi) is 6.53. The van der Waals surface area contributed by atoms with E-state index < -0.39 is 0 Å². The number of hydrogen-bond acceptors (Lipinski definition) is 6. The molecule has 0 unspecified atom stereocenters. The first-order valence-electron chi connectivity index (χ1n) is 12.1. The minimum atomic E-state index is -0.00605. The molecule has 0 bridgehead atoms. The Morgan fingerprint density at radius 3 is 2.55 bits per heavy atom. The smallest absolute Gasteiger partial charge is 0.242 e. The van der Waals surface area contributed by atoms with Crippen LogP contribution in [0.1, 0.15) is 38.2 Å². The highest BCUT2D eigenvalue weighted by atomic mass is 16.2. The molecule has 33 heavy (non-hydrogen) atoms. The van der Waals surface area contributed by atoms with Gasteiger partial charge in [0.15, 0.2) is 5.65 Å². The summed E-state index contributed by atoms with van der Waals surface area (Å²) in [5.41, 5.74) is 2.07. The topological polar surface area (TPSA) is 79.2 Å². The Labute approximate surface area is 195 Å². The number of fused-ring (bicyclic) bond motifs is 1. The van der Waals surface area contributed by atoms with Gasteiger partial charge in [-0.2, -0.15) is 5.10 Å². The second-order valence-electron chi connectivity index (χ2n) is 9.51. The second-order valence-corrected chi connectivity index (χ2v) is 9.51. The fraction of sp³-hybridized carbons (Fsp3) is 0.520. The average Bonchev–Trinajstić information content (AvgIpc) is 3.24. The summed E-state index contributed by atoms with van der Waals surface area (Å²) >= 11 is 0. The lowest BCUT2D eigenvalue weighted by atomic mass is 9.99. The van der Waals surface area contributed by atoms with Gasteiger partial charge < -0.3 is 10.2 Å². The Hall–Kier alpha value is -3.00. The SMILES string of the molecule is CC1CCN(c2ncnc3c2cnn3CC(=O)NC2CCN(Cc3ccccc3)CC2)CC1. The standard InChI is InChI=1S/C25H33N7O/c1-19-7-13-31(14-8-19)24-22-15-28-32(25(22)27-18-26-24)17-23(33)29-21-9-11-30(12-10-21)16-20-5-3-2-4-6-20/h2-6,15,18-19,21H,7-14,16-17H2,1H3,(H,29,33). The number of nitrogens with zero attached hydrogens (tertiary/aromatic N) is 6. The monoisotopic (exact) mass is 447 g/mol. The van der Waals surface area contributed by atoms with Crippen molar-refractivity contribution in [3.63, 3.8) is 0 Å². The van der Waals surface area contributed by atoms with Crippen LogP contribution in [0.5, 0.6) is 0 Å². The molecule has 2 aliphatic rings. The van der Waals surface area contributed by atoms with Gasteiger partial charge in [-0.15, -0.1) is 0 Å². The molecule has 0 atom stereocenters. The first-order valence-corrected chi connectivity index (χ1v) is 12.1. The number of carbonyl (C=O) groups excluding carboxylic acids is 1. The zero-order chi connectivity index (χ0) is 22.6. The van der Waals surface area contributed by atoms with Crippen molar-refractivity contribution in [3.8, 4) is 0 Å². The van der Waals surface area contributed by atoms with E-state index in [4.69, 9.17) is 0 Å². The van der Waals surface area contributed by atoms with Crippen molar-refractivity contribution < 1.29 is 4.79 Å². The third-order valence-electron chi connectivity index (χ3n) is 6.99. The van der Waals surface area contributed by atoms with Crippen LogP contribution < -0.4 is 10.2 Å². The van der Waals surface area contributed by atoms with Gasteiger partial charge in [-0.25, -0.2) is 14.6 Å². The van der Waals surface area contributed by atoms with E-state index in [0.29, 0.717) is 0 Å². The molecule has 0 aliphatic carbocycles. The minimum Gasteiger partial charge on any atom is -0.356 e. The normalized spacial score (nSPS) is 18.6. The molecule has 8 nitrogen and oxygen atoms in total. The molecule has 2 aliphatic heterocycles. The number of likely N-dealkylation sites (tertiary alicyclic amines) is 1. The summed E-state index contributed by atoms with van der Waals surface area (Å²) in [6, 6.07) is 10.8. The van der Waals surface area contributed by atoms with Gasteiger partial charge in [0.05, 0.1) is 11.6 Å². The van der Waals surface area contributed by atoms with E-state index in [1.807, 2.05) is 0 Å². The van der Waals surface area contributed by atoms with Crippen LogP contribution in [-0.4, -0.2) is 62.8 Å². The lowest BCUT2D eigenvalue weighted by Gasteiger charge is -2.32. The lowest BCUT2D eigenvalue weighted by molar-refractivity contribution is -0.122. The van der Waals surface area contributed by atoms with Gasteiger partial charge in [-0.3, -0.25) is 9.69 Å². The predicted molar refractivity (Wildman–Crippen MR) is 129 cm³/mol. The molecule has 5 rings (SSSR count). The van der Waals surface area contributed by atoms with Gasteiger partial charge in [-0.05, 0) is 37.2 Å². The second kappa shape index (κ2) is 9.87. The molecule has 2 fully saturated rings. The number of aromatic nitrogens is 4. The van der Waals surface area contributed by atoms with Crippen LogP contribution in [-0.2, 0) is 17.9 Å². The molecule has 4 heterocycles. The maximum Gasteiger partial charge on any atom is 0.242 e. The van der Waals surface area contributed by atoms with Gasteiger partial charge >= 0.3 is 0 Å². The highest BCUT2D eigenvalue weighted by Crippen LogP contribution is 2.27. The Bertz CT molecular complexity index is 1070. The molecule has 1 amide bonds. The van der Waals surface area contributed by atoms with Gasteiger partial charge in [0.25, 0.3) is 0 Å². The highest BCUT2D eigenvalue weighted by molar-refractivity contribution is 5.88. The van der Waals surface area contributed by atoms with Gasteiger partial charge in [0.1, 0.15) is 18.7 Å². The number of nitrogens with one attached hydrogen (secondary N) is 1. The number of anilines is 1. The van der Waals surface area contributed by atoms with Crippen LogP contribution in [0.3, 0.4) is 0 Å². The number of amides is 1. The van der Waals surface area contributed by atoms with E-state index >= 15 is 0 Å². The van der Waals surface area contributed by atoms with Crippen LogP contribution in [0, 0.1) is 5.92 Å². The Morgan fingerprint density at radius 2 is 1.79 bits per heavy atom. The average molecular weight is 448 g/mol. The van der Waals surface area contributed by atoms with Crippen molar-refractivity contribution >= 4 is 22.8 Å². The number of rotatable bonds is 6. The van der Waals surface area contributed by atoms with Crippen molar-refractivity contribution in [2.24, 2.45) is 5.92 Å². The van der Waals surface area contributed by atoms with E-state index in [-0.39, 0.29) is 18.5 Å². The van der Waals surface area contributed by atoms with E-state index in [1.165, 1.54) is 18.4 Å². The molecule has 1 N–H and O–H groups in total. The summed E-state index contributed by atoms with van der Waals surface area (Å²) in [4.78, 5) is 26.5. The fourth-order valence-electron chi connectivity index (χ4n) is 4.96. The Balaban J connectivity index is 1.16. The first-order chi connectivity index (χ1) is 16.2. The number of hydrogen-bond donors (Lipinski definition) is 1. The molecule has 0 spiro atoms. The molecule has 2 saturated heterocycles.